The molecule has 0 aliphatic carbocycles. The Labute approximate surface area is 110 Å². The van der Waals surface area contributed by atoms with Gasteiger partial charge >= 0.3 is 12.0 Å². The average Bonchev–Trinajstić information content (AvgIpc) is 2.95. The molecule has 1 atom stereocenters. The SMILES string of the molecule is Cc1noc(C)c1CNC(=O)N1CCC(C(=O)O)C1. The van der Waals surface area contributed by atoms with E-state index in [1.165, 1.54) is 4.90 Å². The van der Waals surface area contributed by atoms with Crippen LogP contribution in [0.1, 0.15) is 23.4 Å². The van der Waals surface area contributed by atoms with E-state index in [-0.39, 0.29) is 12.6 Å². The zero-order valence-electron chi connectivity index (χ0n) is 11.0. The van der Waals surface area contributed by atoms with Gasteiger partial charge in [0.2, 0.25) is 0 Å². The maximum absolute atomic E-state index is 11.9. The first-order valence-corrected chi connectivity index (χ1v) is 6.16. The lowest BCUT2D eigenvalue weighted by Gasteiger charge is -2.16. The molecule has 0 spiro atoms. The summed E-state index contributed by atoms with van der Waals surface area (Å²) in [6.45, 7) is 4.69. The van der Waals surface area contributed by atoms with Crippen molar-refractivity contribution in [2.45, 2.75) is 26.8 Å². The van der Waals surface area contributed by atoms with Gasteiger partial charge in [-0.2, -0.15) is 0 Å². The Bertz CT molecular complexity index is 478. The average molecular weight is 267 g/mol. The van der Waals surface area contributed by atoms with Gasteiger partial charge in [-0.1, -0.05) is 5.16 Å². The molecule has 2 amide bonds. The van der Waals surface area contributed by atoms with Crippen LogP contribution in [0.2, 0.25) is 0 Å². The molecule has 7 nitrogen and oxygen atoms in total. The number of carbonyl (C=O) groups is 2. The van der Waals surface area contributed by atoms with Crippen molar-refractivity contribution in [3.05, 3.63) is 17.0 Å². The van der Waals surface area contributed by atoms with E-state index in [0.717, 1.165) is 11.3 Å². The second-order valence-corrected chi connectivity index (χ2v) is 4.73. The standard InChI is InChI=1S/C12H17N3O4/c1-7-10(8(2)19-14-7)5-13-12(18)15-4-3-9(6-15)11(16)17/h9H,3-6H2,1-2H3,(H,13,18)(H,16,17). The first-order chi connectivity index (χ1) is 8.99. The van der Waals surface area contributed by atoms with Gasteiger partial charge in [0.25, 0.3) is 0 Å². The summed E-state index contributed by atoms with van der Waals surface area (Å²) in [6, 6.07) is -0.247. The van der Waals surface area contributed by atoms with Crippen LogP contribution in [0, 0.1) is 19.8 Å². The predicted molar refractivity (Wildman–Crippen MR) is 65.5 cm³/mol. The lowest BCUT2D eigenvalue weighted by atomic mass is 10.1. The number of carbonyl (C=O) groups excluding carboxylic acids is 1. The second kappa shape index (κ2) is 5.29. The maximum Gasteiger partial charge on any atom is 0.317 e. The minimum absolute atomic E-state index is 0.247. The third kappa shape index (κ3) is 2.86. The van der Waals surface area contributed by atoms with Gasteiger partial charge < -0.3 is 19.8 Å². The van der Waals surface area contributed by atoms with Gasteiger partial charge in [0.15, 0.2) is 0 Å². The highest BCUT2D eigenvalue weighted by Crippen LogP contribution is 2.17. The molecule has 0 saturated carbocycles. The number of nitrogens with zero attached hydrogens (tertiary/aromatic N) is 2. The molecular formula is C12H17N3O4. The summed E-state index contributed by atoms with van der Waals surface area (Å²) in [5, 5.41) is 15.5. The van der Waals surface area contributed by atoms with Crippen molar-refractivity contribution in [3.8, 4) is 0 Å². The quantitative estimate of drug-likeness (QED) is 0.848. The third-order valence-electron chi connectivity index (χ3n) is 3.42. The second-order valence-electron chi connectivity index (χ2n) is 4.73. The predicted octanol–water partition coefficient (Wildman–Crippen LogP) is 0.908. The Balaban J connectivity index is 1.87. The molecule has 1 aromatic heterocycles. The molecule has 0 bridgehead atoms. The van der Waals surface area contributed by atoms with Crippen LogP contribution in [0.3, 0.4) is 0 Å². The van der Waals surface area contributed by atoms with E-state index in [1.54, 1.807) is 6.92 Å². The van der Waals surface area contributed by atoms with Crippen molar-refractivity contribution in [2.75, 3.05) is 13.1 Å². The Morgan fingerprint density at radius 3 is 2.79 bits per heavy atom. The van der Waals surface area contributed by atoms with E-state index in [1.807, 2.05) is 6.92 Å². The number of likely N-dealkylation sites (tertiary alicyclic amines) is 1. The van der Waals surface area contributed by atoms with E-state index in [0.29, 0.717) is 25.3 Å². The van der Waals surface area contributed by atoms with Gasteiger partial charge in [-0.15, -0.1) is 0 Å². The summed E-state index contributed by atoms with van der Waals surface area (Å²) in [5.41, 5.74) is 1.62. The zero-order valence-corrected chi connectivity index (χ0v) is 11.0. The minimum atomic E-state index is -0.846. The highest BCUT2D eigenvalue weighted by Gasteiger charge is 2.30. The number of nitrogens with one attached hydrogen (secondary N) is 1. The van der Waals surface area contributed by atoms with Gasteiger partial charge in [-0.3, -0.25) is 4.79 Å². The van der Waals surface area contributed by atoms with E-state index >= 15 is 0 Å². The van der Waals surface area contributed by atoms with E-state index < -0.39 is 11.9 Å². The van der Waals surface area contributed by atoms with Crippen molar-refractivity contribution < 1.29 is 19.2 Å². The monoisotopic (exact) mass is 267 g/mol. The largest absolute Gasteiger partial charge is 0.481 e. The van der Waals surface area contributed by atoms with Crippen molar-refractivity contribution in [1.29, 1.82) is 0 Å². The number of aromatic nitrogens is 1. The summed E-state index contributed by atoms with van der Waals surface area (Å²) in [7, 11) is 0. The minimum Gasteiger partial charge on any atom is -0.481 e. The molecule has 0 aromatic carbocycles. The molecule has 0 radical (unpaired) electrons. The fourth-order valence-corrected chi connectivity index (χ4v) is 2.18. The Kier molecular flexibility index (Phi) is 3.73. The maximum atomic E-state index is 11.9. The molecule has 1 unspecified atom stereocenters. The molecule has 7 heteroatoms. The normalized spacial score (nSPS) is 18.6. The summed E-state index contributed by atoms with van der Waals surface area (Å²) in [4.78, 5) is 24.3. The third-order valence-corrected chi connectivity index (χ3v) is 3.42. The lowest BCUT2D eigenvalue weighted by Crippen LogP contribution is -2.38. The number of aryl methyl sites for hydroxylation is 2. The smallest absolute Gasteiger partial charge is 0.317 e. The van der Waals surface area contributed by atoms with Crippen LogP contribution < -0.4 is 5.32 Å². The lowest BCUT2D eigenvalue weighted by molar-refractivity contribution is -0.141. The first kappa shape index (κ1) is 13.4. The topological polar surface area (TPSA) is 95.7 Å². The Morgan fingerprint density at radius 1 is 1.53 bits per heavy atom. The van der Waals surface area contributed by atoms with Gasteiger partial charge in [0.1, 0.15) is 5.76 Å². The van der Waals surface area contributed by atoms with Crippen molar-refractivity contribution in [1.82, 2.24) is 15.4 Å². The summed E-state index contributed by atoms with van der Waals surface area (Å²) in [6.07, 6.45) is 0.508. The van der Waals surface area contributed by atoms with Crippen LogP contribution in [0.25, 0.3) is 0 Å². The number of aliphatic carboxylic acids is 1. The van der Waals surface area contributed by atoms with E-state index in [2.05, 4.69) is 10.5 Å². The summed E-state index contributed by atoms with van der Waals surface area (Å²) < 4.78 is 5.01. The van der Waals surface area contributed by atoms with Crippen LogP contribution >= 0.6 is 0 Å². The highest BCUT2D eigenvalue weighted by molar-refractivity contribution is 5.77. The number of carboxylic acid groups (broad SMARTS) is 1. The molecule has 1 saturated heterocycles. The molecule has 19 heavy (non-hydrogen) atoms. The number of hydrogen-bond donors (Lipinski definition) is 2. The van der Waals surface area contributed by atoms with Crippen LogP contribution in [0.5, 0.6) is 0 Å². The summed E-state index contributed by atoms with van der Waals surface area (Å²) in [5.74, 6) is -0.617. The first-order valence-electron chi connectivity index (χ1n) is 6.16. The summed E-state index contributed by atoms with van der Waals surface area (Å²) >= 11 is 0. The number of rotatable bonds is 3. The van der Waals surface area contributed by atoms with Crippen LogP contribution in [0.4, 0.5) is 4.79 Å². The fourth-order valence-electron chi connectivity index (χ4n) is 2.18. The number of urea groups is 1. The molecule has 1 fully saturated rings. The molecule has 2 heterocycles. The Morgan fingerprint density at radius 2 is 2.26 bits per heavy atom. The number of hydrogen-bond acceptors (Lipinski definition) is 4. The van der Waals surface area contributed by atoms with Crippen LogP contribution in [0.15, 0.2) is 4.52 Å². The molecule has 1 aromatic rings. The van der Waals surface area contributed by atoms with Gasteiger partial charge in [-0.05, 0) is 20.3 Å². The molecule has 1 aliphatic rings. The zero-order chi connectivity index (χ0) is 14.0. The molecule has 2 N–H and O–H groups in total. The molecule has 2 rings (SSSR count). The molecular weight excluding hydrogens is 250 g/mol. The molecule has 104 valence electrons. The van der Waals surface area contributed by atoms with E-state index in [4.69, 9.17) is 9.63 Å². The van der Waals surface area contributed by atoms with Gasteiger partial charge in [0, 0.05) is 25.2 Å². The van der Waals surface area contributed by atoms with Crippen LogP contribution in [-0.4, -0.2) is 40.3 Å². The van der Waals surface area contributed by atoms with E-state index in [9.17, 15) is 9.59 Å². The fraction of sp³-hybridized carbons (Fsp3) is 0.583. The van der Waals surface area contributed by atoms with Crippen molar-refractivity contribution in [3.63, 3.8) is 0 Å². The van der Waals surface area contributed by atoms with Gasteiger partial charge in [-0.25, -0.2) is 4.79 Å². The number of amides is 2. The molecule has 1 aliphatic heterocycles. The van der Waals surface area contributed by atoms with Crippen molar-refractivity contribution in [2.24, 2.45) is 5.92 Å². The van der Waals surface area contributed by atoms with Gasteiger partial charge in [0.05, 0.1) is 11.6 Å². The van der Waals surface area contributed by atoms with Crippen LogP contribution in [-0.2, 0) is 11.3 Å². The number of carboxylic acids is 1. The highest BCUT2D eigenvalue weighted by atomic mass is 16.5. The van der Waals surface area contributed by atoms with Crippen molar-refractivity contribution >= 4 is 12.0 Å². The Hall–Kier alpha value is -2.05.